The average Bonchev–Trinajstić information content (AvgIpc) is 3.24. The average molecular weight is 450 g/mol. The van der Waals surface area contributed by atoms with E-state index in [2.05, 4.69) is 34.2 Å². The van der Waals surface area contributed by atoms with E-state index in [1.807, 2.05) is 42.5 Å². The number of fused-ring (bicyclic) bond motifs is 3. The Kier molecular flexibility index (Phi) is 5.95. The molecule has 0 radical (unpaired) electrons. The van der Waals surface area contributed by atoms with Crippen LogP contribution < -0.4 is 15.0 Å². The molecule has 2 aromatic rings. The van der Waals surface area contributed by atoms with Gasteiger partial charge in [-0.25, -0.2) is 4.79 Å². The van der Waals surface area contributed by atoms with E-state index in [1.54, 1.807) is 11.9 Å². The first-order chi connectivity index (χ1) is 16.1. The molecule has 0 aromatic heterocycles. The maximum Gasteiger partial charge on any atom is 0.327 e. The molecule has 3 saturated heterocycles. The second-order valence-corrected chi connectivity index (χ2v) is 8.86. The first-order valence-electron chi connectivity index (χ1n) is 11.8. The summed E-state index contributed by atoms with van der Waals surface area (Å²) in [6, 6.07) is 17.2. The fourth-order valence-electron chi connectivity index (χ4n) is 5.04. The fraction of sp³-hybridized carbons (Fsp3) is 0.440. The number of amides is 3. The lowest BCUT2D eigenvalue weighted by Crippen LogP contribution is -2.66. The van der Waals surface area contributed by atoms with Gasteiger partial charge in [0, 0.05) is 32.4 Å². The number of nitrogens with one attached hydrogen (secondary N) is 1. The van der Waals surface area contributed by atoms with Gasteiger partial charge in [0.15, 0.2) is 0 Å². The standard InChI is InChI=1S/C25H31N5O3/c1-3-4-15-30-23(31)21-22(27(2)25(30)32)26-24-28(16-8-17-29(21)24)18-11-13-20(14-12-18)33-19-9-6-5-7-10-19/h5-7,9-14,21-22,24,26H,3-4,8,15-17H2,1-2H3. The third-order valence-electron chi connectivity index (χ3n) is 6.75. The highest BCUT2D eigenvalue weighted by molar-refractivity contribution is 6.00. The van der Waals surface area contributed by atoms with Crippen molar-refractivity contribution >= 4 is 17.6 Å². The smallest absolute Gasteiger partial charge is 0.327 e. The molecule has 3 fully saturated rings. The molecular formula is C25H31N5O3. The molecule has 0 spiro atoms. The summed E-state index contributed by atoms with van der Waals surface area (Å²) in [7, 11) is 1.79. The van der Waals surface area contributed by atoms with Crippen LogP contribution in [0.1, 0.15) is 26.2 Å². The molecule has 3 atom stereocenters. The number of nitrogens with zero attached hydrogens (tertiary/aromatic N) is 4. The van der Waals surface area contributed by atoms with Crippen molar-refractivity contribution in [3.05, 3.63) is 54.6 Å². The minimum atomic E-state index is -0.363. The van der Waals surface area contributed by atoms with Gasteiger partial charge in [0.05, 0.1) is 0 Å². The van der Waals surface area contributed by atoms with E-state index >= 15 is 0 Å². The number of ether oxygens (including phenoxy) is 1. The Balaban J connectivity index is 1.35. The van der Waals surface area contributed by atoms with Crippen LogP contribution in [0.5, 0.6) is 11.5 Å². The second-order valence-electron chi connectivity index (χ2n) is 8.86. The summed E-state index contributed by atoms with van der Waals surface area (Å²) in [6.07, 6.45) is 2.25. The summed E-state index contributed by atoms with van der Waals surface area (Å²) in [6.45, 7) is 4.24. The molecule has 3 unspecified atom stereocenters. The molecule has 33 heavy (non-hydrogen) atoms. The Morgan fingerprint density at radius 1 is 1.00 bits per heavy atom. The molecule has 174 valence electrons. The van der Waals surface area contributed by atoms with Crippen LogP contribution in [0.15, 0.2) is 54.6 Å². The van der Waals surface area contributed by atoms with Crippen LogP contribution >= 0.6 is 0 Å². The third-order valence-corrected chi connectivity index (χ3v) is 6.75. The molecule has 3 heterocycles. The molecule has 8 heteroatoms. The number of carbonyl (C=O) groups is 2. The van der Waals surface area contributed by atoms with Crippen LogP contribution in [-0.4, -0.2) is 71.8 Å². The highest BCUT2D eigenvalue weighted by Crippen LogP contribution is 2.34. The zero-order valence-electron chi connectivity index (χ0n) is 19.2. The molecule has 5 rings (SSSR count). The van der Waals surface area contributed by atoms with E-state index in [-0.39, 0.29) is 30.4 Å². The summed E-state index contributed by atoms with van der Waals surface area (Å²) in [5, 5.41) is 3.56. The van der Waals surface area contributed by atoms with Gasteiger partial charge in [0.1, 0.15) is 30.0 Å². The number of anilines is 1. The highest BCUT2D eigenvalue weighted by Gasteiger charge is 2.55. The third kappa shape index (κ3) is 3.94. The molecule has 3 aliphatic heterocycles. The number of rotatable bonds is 6. The molecular weight excluding hydrogens is 418 g/mol. The molecule has 2 aromatic carbocycles. The second kappa shape index (κ2) is 9.03. The minimum absolute atomic E-state index is 0.0833. The van der Waals surface area contributed by atoms with Crippen LogP contribution in [-0.2, 0) is 4.79 Å². The van der Waals surface area contributed by atoms with Gasteiger partial charge < -0.3 is 14.5 Å². The van der Waals surface area contributed by atoms with E-state index < -0.39 is 0 Å². The number of imide groups is 1. The fourth-order valence-corrected chi connectivity index (χ4v) is 5.04. The number of hydrogen-bond donors (Lipinski definition) is 1. The summed E-state index contributed by atoms with van der Waals surface area (Å²) >= 11 is 0. The van der Waals surface area contributed by atoms with Gasteiger partial charge in [-0.2, -0.15) is 0 Å². The Morgan fingerprint density at radius 3 is 2.45 bits per heavy atom. The number of para-hydroxylation sites is 1. The van der Waals surface area contributed by atoms with Gasteiger partial charge in [0.2, 0.25) is 0 Å². The Bertz CT molecular complexity index is 999. The predicted molar refractivity (Wildman–Crippen MR) is 126 cm³/mol. The van der Waals surface area contributed by atoms with Crippen LogP contribution in [0, 0.1) is 0 Å². The number of unbranched alkanes of at least 4 members (excludes halogenated alkanes) is 1. The van der Waals surface area contributed by atoms with E-state index in [0.717, 1.165) is 49.5 Å². The highest BCUT2D eigenvalue weighted by atomic mass is 16.5. The van der Waals surface area contributed by atoms with E-state index in [4.69, 9.17) is 4.74 Å². The zero-order chi connectivity index (χ0) is 22.9. The van der Waals surface area contributed by atoms with Crippen molar-refractivity contribution in [1.82, 2.24) is 20.0 Å². The summed E-state index contributed by atoms with van der Waals surface area (Å²) in [5.74, 6) is 1.49. The van der Waals surface area contributed by atoms with Crippen molar-refractivity contribution in [2.24, 2.45) is 0 Å². The van der Waals surface area contributed by atoms with Gasteiger partial charge in [-0.05, 0) is 49.2 Å². The maximum absolute atomic E-state index is 13.3. The summed E-state index contributed by atoms with van der Waals surface area (Å²) in [5.41, 5.74) is 1.06. The van der Waals surface area contributed by atoms with E-state index in [9.17, 15) is 9.59 Å². The lowest BCUT2D eigenvalue weighted by Gasteiger charge is -2.43. The number of hydrogen-bond acceptors (Lipinski definition) is 6. The zero-order valence-corrected chi connectivity index (χ0v) is 19.2. The minimum Gasteiger partial charge on any atom is -0.457 e. The van der Waals surface area contributed by atoms with Crippen molar-refractivity contribution in [3.63, 3.8) is 0 Å². The van der Waals surface area contributed by atoms with Crippen molar-refractivity contribution in [1.29, 1.82) is 0 Å². The van der Waals surface area contributed by atoms with Gasteiger partial charge in [-0.3, -0.25) is 19.9 Å². The monoisotopic (exact) mass is 449 g/mol. The molecule has 8 nitrogen and oxygen atoms in total. The van der Waals surface area contributed by atoms with Crippen LogP contribution in [0.25, 0.3) is 0 Å². The largest absolute Gasteiger partial charge is 0.457 e. The van der Waals surface area contributed by atoms with Crippen molar-refractivity contribution in [2.75, 3.05) is 31.6 Å². The predicted octanol–water partition coefficient (Wildman–Crippen LogP) is 3.27. The molecule has 0 aliphatic carbocycles. The van der Waals surface area contributed by atoms with Crippen LogP contribution in [0.4, 0.5) is 10.5 Å². The Hall–Kier alpha value is -3.10. The van der Waals surface area contributed by atoms with Crippen LogP contribution in [0.2, 0.25) is 0 Å². The van der Waals surface area contributed by atoms with E-state index in [1.165, 1.54) is 4.90 Å². The van der Waals surface area contributed by atoms with Crippen LogP contribution in [0.3, 0.4) is 0 Å². The number of benzene rings is 2. The number of urea groups is 1. The van der Waals surface area contributed by atoms with Gasteiger partial charge in [-0.15, -0.1) is 0 Å². The molecule has 1 N–H and O–H groups in total. The number of likely N-dealkylation sites (N-methyl/N-ethyl adjacent to an activating group) is 1. The lowest BCUT2D eigenvalue weighted by molar-refractivity contribution is -0.138. The number of carbonyl (C=O) groups excluding carboxylic acids is 2. The van der Waals surface area contributed by atoms with Crippen molar-refractivity contribution < 1.29 is 14.3 Å². The molecule has 0 bridgehead atoms. The topological polar surface area (TPSA) is 68.4 Å². The lowest BCUT2D eigenvalue weighted by atomic mass is 10.1. The molecule has 3 aliphatic rings. The normalized spacial score (nSPS) is 25.3. The first-order valence-corrected chi connectivity index (χ1v) is 11.8. The Labute approximate surface area is 194 Å². The molecule has 0 saturated carbocycles. The van der Waals surface area contributed by atoms with Gasteiger partial charge in [0.25, 0.3) is 5.91 Å². The van der Waals surface area contributed by atoms with Gasteiger partial charge in [-0.1, -0.05) is 31.5 Å². The molecule has 3 amide bonds. The Morgan fingerprint density at radius 2 is 1.73 bits per heavy atom. The summed E-state index contributed by atoms with van der Waals surface area (Å²) < 4.78 is 5.93. The quantitative estimate of drug-likeness (QED) is 0.730. The van der Waals surface area contributed by atoms with Crippen molar-refractivity contribution in [3.8, 4) is 11.5 Å². The van der Waals surface area contributed by atoms with E-state index in [0.29, 0.717) is 6.54 Å². The van der Waals surface area contributed by atoms with Gasteiger partial charge >= 0.3 is 6.03 Å². The first kappa shape index (κ1) is 21.7. The maximum atomic E-state index is 13.3. The van der Waals surface area contributed by atoms with Crippen molar-refractivity contribution in [2.45, 2.75) is 44.7 Å². The SMILES string of the molecule is CCCCN1C(=O)C2C(NC3N(c4ccc(Oc5ccccc5)cc4)CCCN23)N(C)C1=O. The summed E-state index contributed by atoms with van der Waals surface area (Å²) in [4.78, 5) is 33.8.